The monoisotopic (exact) mass is 351 g/mol. The Morgan fingerprint density at radius 3 is 2.60 bits per heavy atom. The third-order valence-electron chi connectivity index (χ3n) is 5.02. The van der Waals surface area contributed by atoms with Crippen LogP contribution in [0, 0.1) is 5.82 Å². The summed E-state index contributed by atoms with van der Waals surface area (Å²) in [5, 5.41) is 13.8. The van der Waals surface area contributed by atoms with Gasteiger partial charge in [0.25, 0.3) is 0 Å². The Hall–Kier alpha value is -1.54. The zero-order valence-corrected chi connectivity index (χ0v) is 14.5. The molecule has 0 bridgehead atoms. The lowest BCUT2D eigenvalue weighted by Crippen LogP contribution is -2.51. The summed E-state index contributed by atoms with van der Waals surface area (Å²) in [4.78, 5) is 15.4. The third-order valence-corrected chi connectivity index (χ3v) is 5.02. The Morgan fingerprint density at radius 2 is 1.96 bits per heavy atom. The van der Waals surface area contributed by atoms with E-state index in [4.69, 9.17) is 4.74 Å². The molecule has 2 aliphatic heterocycles. The minimum atomic E-state index is -0.578. The third kappa shape index (κ3) is 4.76. The van der Waals surface area contributed by atoms with Gasteiger partial charge in [-0.05, 0) is 17.7 Å². The number of halogens is 1. The molecular weight excluding hydrogens is 325 g/mol. The Balaban J connectivity index is 1.43. The molecule has 3 rings (SSSR count). The van der Waals surface area contributed by atoms with Crippen LogP contribution in [0.25, 0.3) is 0 Å². The van der Waals surface area contributed by atoms with E-state index in [1.54, 1.807) is 19.1 Å². The first kappa shape index (κ1) is 18.3. The summed E-state index contributed by atoms with van der Waals surface area (Å²) in [5.41, 5.74) is 0.970. The molecule has 3 atom stereocenters. The van der Waals surface area contributed by atoms with E-state index in [2.05, 4.69) is 10.2 Å². The molecule has 1 amide bonds. The first-order valence-electron chi connectivity index (χ1n) is 8.78. The van der Waals surface area contributed by atoms with Gasteiger partial charge in [0.2, 0.25) is 5.91 Å². The van der Waals surface area contributed by atoms with Crippen molar-refractivity contribution >= 4 is 5.91 Å². The van der Waals surface area contributed by atoms with Gasteiger partial charge in [-0.15, -0.1) is 0 Å². The Kier molecular flexibility index (Phi) is 6.01. The van der Waals surface area contributed by atoms with Crippen LogP contribution in [0.15, 0.2) is 24.3 Å². The van der Waals surface area contributed by atoms with Crippen molar-refractivity contribution in [3.63, 3.8) is 0 Å². The fourth-order valence-corrected chi connectivity index (χ4v) is 3.37. The highest BCUT2D eigenvalue weighted by Gasteiger charge is 2.37. The van der Waals surface area contributed by atoms with Gasteiger partial charge in [-0.1, -0.05) is 12.1 Å². The van der Waals surface area contributed by atoms with Crippen LogP contribution in [-0.2, 0) is 16.1 Å². The smallest absolute Gasteiger partial charge is 0.219 e. The van der Waals surface area contributed by atoms with Crippen LogP contribution in [0.5, 0.6) is 0 Å². The van der Waals surface area contributed by atoms with Crippen LogP contribution in [0.4, 0.5) is 4.39 Å². The minimum absolute atomic E-state index is 0.113. The molecule has 0 saturated carbocycles. The second kappa shape index (κ2) is 8.23. The average molecular weight is 351 g/mol. The van der Waals surface area contributed by atoms with Crippen molar-refractivity contribution in [2.45, 2.75) is 31.7 Å². The van der Waals surface area contributed by atoms with Gasteiger partial charge >= 0.3 is 0 Å². The largest absolute Gasteiger partial charge is 0.389 e. The summed E-state index contributed by atoms with van der Waals surface area (Å²) in [6.07, 6.45) is -0.805. The van der Waals surface area contributed by atoms with Crippen LogP contribution < -0.4 is 5.32 Å². The molecule has 2 saturated heterocycles. The van der Waals surface area contributed by atoms with Crippen molar-refractivity contribution in [2.75, 3.05) is 39.3 Å². The fraction of sp³-hybridized carbons (Fsp3) is 0.611. The van der Waals surface area contributed by atoms with Crippen molar-refractivity contribution < 1.29 is 19.0 Å². The van der Waals surface area contributed by atoms with Gasteiger partial charge in [-0.25, -0.2) is 4.39 Å². The van der Waals surface area contributed by atoms with E-state index >= 15 is 0 Å². The average Bonchev–Trinajstić information content (AvgIpc) is 2.95. The van der Waals surface area contributed by atoms with Crippen molar-refractivity contribution in [2.24, 2.45) is 0 Å². The highest BCUT2D eigenvalue weighted by Crippen LogP contribution is 2.17. The maximum absolute atomic E-state index is 12.9. The summed E-state index contributed by atoms with van der Waals surface area (Å²) < 4.78 is 18.7. The minimum Gasteiger partial charge on any atom is -0.389 e. The van der Waals surface area contributed by atoms with Crippen LogP contribution in [0.3, 0.4) is 0 Å². The summed E-state index contributed by atoms with van der Waals surface area (Å²) in [7, 11) is 0. The number of nitrogens with zero attached hydrogens (tertiary/aromatic N) is 2. The van der Waals surface area contributed by atoms with Crippen LogP contribution in [-0.4, -0.2) is 78.4 Å². The van der Waals surface area contributed by atoms with Gasteiger partial charge < -0.3 is 20.1 Å². The van der Waals surface area contributed by atoms with Crippen LogP contribution >= 0.6 is 0 Å². The topological polar surface area (TPSA) is 65.0 Å². The predicted octanol–water partition coefficient (Wildman–Crippen LogP) is 0.208. The molecule has 2 N–H and O–H groups in total. The molecule has 0 radical (unpaired) electrons. The number of carbonyl (C=O) groups is 1. The van der Waals surface area contributed by atoms with Gasteiger partial charge in [0.05, 0.1) is 24.9 Å². The second-order valence-corrected chi connectivity index (χ2v) is 6.78. The number of hydrogen-bond donors (Lipinski definition) is 2. The normalized spacial score (nSPS) is 27.6. The number of carbonyl (C=O) groups excluding carboxylic acids is 1. The standard InChI is InChI=1S/C18H26FN3O3/c1-13(23)22-8-6-21(7-9-22)11-17-18(24)16(12-25-17)20-10-14-2-4-15(19)5-3-14/h2-5,16-18,20,24H,6-12H2,1H3. The second-order valence-electron chi connectivity index (χ2n) is 6.78. The Bertz CT molecular complexity index is 575. The number of ether oxygens (including phenoxy) is 1. The number of amides is 1. The molecule has 3 unspecified atom stereocenters. The first-order valence-corrected chi connectivity index (χ1v) is 8.78. The molecule has 2 aliphatic rings. The Labute approximate surface area is 147 Å². The molecule has 0 aliphatic carbocycles. The van der Waals surface area contributed by atoms with E-state index in [0.29, 0.717) is 19.7 Å². The van der Waals surface area contributed by atoms with Gasteiger partial charge in [-0.2, -0.15) is 0 Å². The molecule has 0 aromatic heterocycles. The molecule has 1 aromatic rings. The molecule has 0 spiro atoms. The van der Waals surface area contributed by atoms with Gasteiger partial charge in [0.15, 0.2) is 0 Å². The number of benzene rings is 1. The van der Waals surface area contributed by atoms with E-state index in [9.17, 15) is 14.3 Å². The molecule has 1 aromatic carbocycles. The number of piperazine rings is 1. The van der Waals surface area contributed by atoms with Crippen LogP contribution in [0.2, 0.25) is 0 Å². The van der Waals surface area contributed by atoms with Gasteiger partial charge in [0, 0.05) is 46.2 Å². The maximum Gasteiger partial charge on any atom is 0.219 e. The Morgan fingerprint density at radius 1 is 1.28 bits per heavy atom. The van der Waals surface area contributed by atoms with E-state index in [1.165, 1.54) is 12.1 Å². The lowest BCUT2D eigenvalue weighted by atomic mass is 10.1. The summed E-state index contributed by atoms with van der Waals surface area (Å²) in [6, 6.07) is 6.20. The number of hydrogen-bond acceptors (Lipinski definition) is 5. The molecular formula is C18H26FN3O3. The summed E-state index contributed by atoms with van der Waals surface area (Å²) in [5.74, 6) is -0.139. The van der Waals surface area contributed by atoms with E-state index in [0.717, 1.165) is 31.7 Å². The highest BCUT2D eigenvalue weighted by atomic mass is 19.1. The van der Waals surface area contributed by atoms with Gasteiger partial charge in [-0.3, -0.25) is 9.69 Å². The zero-order valence-electron chi connectivity index (χ0n) is 14.5. The lowest BCUT2D eigenvalue weighted by molar-refractivity contribution is -0.130. The number of aliphatic hydroxyl groups excluding tert-OH is 1. The SMILES string of the molecule is CC(=O)N1CCN(CC2OCC(NCc3ccc(F)cc3)C2O)CC1. The first-order chi connectivity index (χ1) is 12.0. The molecule has 6 nitrogen and oxygen atoms in total. The molecule has 138 valence electrons. The predicted molar refractivity (Wildman–Crippen MR) is 91.5 cm³/mol. The van der Waals surface area contributed by atoms with E-state index in [1.807, 2.05) is 4.90 Å². The summed E-state index contributed by atoms with van der Waals surface area (Å²) >= 11 is 0. The fourth-order valence-electron chi connectivity index (χ4n) is 3.37. The molecule has 2 heterocycles. The van der Waals surface area contributed by atoms with Crippen molar-refractivity contribution in [3.8, 4) is 0 Å². The van der Waals surface area contributed by atoms with Gasteiger partial charge in [0.1, 0.15) is 5.82 Å². The molecule has 7 heteroatoms. The number of nitrogens with one attached hydrogen (secondary N) is 1. The highest BCUT2D eigenvalue weighted by molar-refractivity contribution is 5.73. The molecule has 25 heavy (non-hydrogen) atoms. The lowest BCUT2D eigenvalue weighted by Gasteiger charge is -2.35. The van der Waals surface area contributed by atoms with E-state index in [-0.39, 0.29) is 23.9 Å². The van der Waals surface area contributed by atoms with Crippen LogP contribution in [0.1, 0.15) is 12.5 Å². The van der Waals surface area contributed by atoms with E-state index < -0.39 is 6.10 Å². The summed E-state index contributed by atoms with van der Waals surface area (Å²) in [6.45, 7) is 6.35. The van der Waals surface area contributed by atoms with Crippen molar-refractivity contribution in [3.05, 3.63) is 35.6 Å². The number of rotatable bonds is 5. The van der Waals surface area contributed by atoms with Crippen molar-refractivity contribution in [1.82, 2.24) is 15.1 Å². The molecule has 2 fully saturated rings. The maximum atomic E-state index is 12.9. The number of aliphatic hydroxyl groups is 1. The zero-order chi connectivity index (χ0) is 17.8. The quantitative estimate of drug-likeness (QED) is 0.794. The van der Waals surface area contributed by atoms with Crippen molar-refractivity contribution in [1.29, 1.82) is 0 Å².